The molecule has 17 heavy (non-hydrogen) atoms. The second-order valence-corrected chi connectivity index (χ2v) is 4.40. The van der Waals surface area contributed by atoms with Gasteiger partial charge in [0.15, 0.2) is 0 Å². The molecule has 4 nitrogen and oxygen atoms in total. The van der Waals surface area contributed by atoms with Crippen LogP contribution in [-0.2, 0) is 16.1 Å². The largest absolute Gasteiger partial charge is 0.468 e. The van der Waals surface area contributed by atoms with Crippen LogP contribution in [0.2, 0.25) is 0 Å². The van der Waals surface area contributed by atoms with Crippen LogP contribution < -0.4 is 0 Å². The highest BCUT2D eigenvalue weighted by Crippen LogP contribution is 2.13. The first-order valence-corrected chi connectivity index (χ1v) is 6.14. The molecule has 1 unspecified atom stereocenters. The Kier molecular flexibility index (Phi) is 4.34. The summed E-state index contributed by atoms with van der Waals surface area (Å²) < 4.78 is 10.7. The molecule has 0 spiro atoms. The Bertz CT molecular complexity index is 348. The van der Waals surface area contributed by atoms with Gasteiger partial charge >= 0.3 is 0 Å². The van der Waals surface area contributed by atoms with Crippen molar-refractivity contribution in [3.05, 3.63) is 24.2 Å². The van der Waals surface area contributed by atoms with E-state index in [-0.39, 0.29) is 5.92 Å². The van der Waals surface area contributed by atoms with Gasteiger partial charge in [-0.3, -0.25) is 9.69 Å². The van der Waals surface area contributed by atoms with Crippen molar-refractivity contribution in [3.63, 3.8) is 0 Å². The summed E-state index contributed by atoms with van der Waals surface area (Å²) in [6, 6.07) is 3.85. The maximum Gasteiger partial charge on any atom is 0.141 e. The molecule has 2 heterocycles. The Morgan fingerprint density at radius 3 is 3.06 bits per heavy atom. The predicted molar refractivity (Wildman–Crippen MR) is 63.6 cm³/mol. The summed E-state index contributed by atoms with van der Waals surface area (Å²) >= 11 is 0. The van der Waals surface area contributed by atoms with Crippen molar-refractivity contribution < 1.29 is 13.9 Å². The fourth-order valence-corrected chi connectivity index (χ4v) is 2.09. The highest BCUT2D eigenvalue weighted by molar-refractivity contribution is 5.82. The Hall–Kier alpha value is -1.13. The van der Waals surface area contributed by atoms with Crippen LogP contribution >= 0.6 is 0 Å². The number of rotatable bonds is 5. The van der Waals surface area contributed by atoms with E-state index in [2.05, 4.69) is 11.8 Å². The molecule has 2 rings (SSSR count). The van der Waals surface area contributed by atoms with E-state index >= 15 is 0 Å². The fourth-order valence-electron chi connectivity index (χ4n) is 2.09. The molecule has 0 amide bonds. The van der Waals surface area contributed by atoms with Crippen LogP contribution in [0.1, 0.15) is 19.1 Å². The number of nitrogens with zero attached hydrogens (tertiary/aromatic N) is 1. The highest BCUT2D eigenvalue weighted by Gasteiger charge is 2.24. The Morgan fingerprint density at radius 2 is 2.41 bits per heavy atom. The Morgan fingerprint density at radius 1 is 1.53 bits per heavy atom. The van der Waals surface area contributed by atoms with E-state index in [9.17, 15) is 4.79 Å². The molecule has 94 valence electrons. The molecule has 1 fully saturated rings. The summed E-state index contributed by atoms with van der Waals surface area (Å²) in [5.41, 5.74) is 0. The lowest BCUT2D eigenvalue weighted by molar-refractivity contribution is -0.131. The van der Waals surface area contributed by atoms with Gasteiger partial charge in [0.05, 0.1) is 31.9 Å². The third-order valence-corrected chi connectivity index (χ3v) is 3.15. The molecule has 4 heteroatoms. The standard InChI is InChI=1S/C13H19NO3/c1-2-14(9-12-4-3-6-17-12)8-11-10-16-7-5-13(11)15/h3-4,6,11H,2,5,7-10H2,1H3. The summed E-state index contributed by atoms with van der Waals surface area (Å²) in [6.07, 6.45) is 2.24. The molecule has 1 atom stereocenters. The van der Waals surface area contributed by atoms with Gasteiger partial charge in [0.2, 0.25) is 0 Å². The zero-order valence-electron chi connectivity index (χ0n) is 10.2. The number of carbonyl (C=O) groups is 1. The van der Waals surface area contributed by atoms with E-state index in [1.54, 1.807) is 6.26 Å². The molecule has 0 aromatic carbocycles. The maximum atomic E-state index is 11.7. The maximum absolute atomic E-state index is 11.7. The lowest BCUT2D eigenvalue weighted by Gasteiger charge is -2.27. The lowest BCUT2D eigenvalue weighted by Crippen LogP contribution is -2.38. The summed E-state index contributed by atoms with van der Waals surface area (Å²) in [5, 5.41) is 0. The van der Waals surface area contributed by atoms with E-state index in [4.69, 9.17) is 9.15 Å². The first-order chi connectivity index (χ1) is 8.29. The first kappa shape index (κ1) is 12.3. The van der Waals surface area contributed by atoms with Gasteiger partial charge in [0.1, 0.15) is 11.5 Å². The molecule has 1 aromatic rings. The van der Waals surface area contributed by atoms with Crippen LogP contribution in [0, 0.1) is 5.92 Å². The number of furan rings is 1. The van der Waals surface area contributed by atoms with E-state index in [0.717, 1.165) is 25.4 Å². The third kappa shape index (κ3) is 3.41. The molecule has 0 saturated carbocycles. The summed E-state index contributed by atoms with van der Waals surface area (Å²) in [5.74, 6) is 1.30. The zero-order valence-corrected chi connectivity index (χ0v) is 10.2. The summed E-state index contributed by atoms with van der Waals surface area (Å²) in [7, 11) is 0. The normalized spacial score (nSPS) is 21.1. The van der Waals surface area contributed by atoms with Crippen molar-refractivity contribution in [2.75, 3.05) is 26.3 Å². The molecule has 0 N–H and O–H groups in total. The number of ketones is 1. The highest BCUT2D eigenvalue weighted by atomic mass is 16.5. The molecule has 1 saturated heterocycles. The molecule has 1 aliphatic heterocycles. The second kappa shape index (κ2) is 5.98. The van der Waals surface area contributed by atoms with Gasteiger partial charge in [-0.15, -0.1) is 0 Å². The second-order valence-electron chi connectivity index (χ2n) is 4.40. The SMILES string of the molecule is CCN(Cc1ccco1)CC1COCCC1=O. The predicted octanol–water partition coefficient (Wildman–Crippen LogP) is 1.71. The van der Waals surface area contributed by atoms with Crippen molar-refractivity contribution in [2.45, 2.75) is 19.9 Å². The lowest BCUT2D eigenvalue weighted by atomic mass is 10.00. The topological polar surface area (TPSA) is 42.7 Å². The molecule has 0 radical (unpaired) electrons. The van der Waals surface area contributed by atoms with Gasteiger partial charge in [-0.05, 0) is 18.7 Å². The monoisotopic (exact) mass is 237 g/mol. The number of hydrogen-bond donors (Lipinski definition) is 0. The number of hydrogen-bond acceptors (Lipinski definition) is 4. The first-order valence-electron chi connectivity index (χ1n) is 6.14. The van der Waals surface area contributed by atoms with Crippen molar-refractivity contribution in [1.82, 2.24) is 4.90 Å². The minimum Gasteiger partial charge on any atom is -0.468 e. The Balaban J connectivity index is 1.88. The van der Waals surface area contributed by atoms with E-state index in [0.29, 0.717) is 25.4 Å². The van der Waals surface area contributed by atoms with Gasteiger partial charge in [-0.25, -0.2) is 0 Å². The van der Waals surface area contributed by atoms with Gasteiger partial charge in [0, 0.05) is 13.0 Å². The van der Waals surface area contributed by atoms with Crippen molar-refractivity contribution >= 4 is 5.78 Å². The molecule has 1 aromatic heterocycles. The van der Waals surface area contributed by atoms with E-state index < -0.39 is 0 Å². The minimum absolute atomic E-state index is 0.0265. The van der Waals surface area contributed by atoms with Gasteiger partial charge in [-0.1, -0.05) is 6.92 Å². The number of carbonyl (C=O) groups excluding carboxylic acids is 1. The zero-order chi connectivity index (χ0) is 12.1. The summed E-state index contributed by atoms with van der Waals surface area (Å²) in [4.78, 5) is 13.9. The Labute approximate surface area is 102 Å². The molecular weight excluding hydrogens is 218 g/mol. The molecule has 0 aliphatic carbocycles. The average molecular weight is 237 g/mol. The third-order valence-electron chi connectivity index (χ3n) is 3.15. The van der Waals surface area contributed by atoms with E-state index in [1.807, 2.05) is 12.1 Å². The average Bonchev–Trinajstić information content (AvgIpc) is 2.84. The van der Waals surface area contributed by atoms with Crippen LogP contribution in [0.15, 0.2) is 22.8 Å². The van der Waals surface area contributed by atoms with Crippen molar-refractivity contribution in [1.29, 1.82) is 0 Å². The molecule has 0 bridgehead atoms. The van der Waals surface area contributed by atoms with Crippen molar-refractivity contribution in [3.8, 4) is 0 Å². The van der Waals surface area contributed by atoms with E-state index in [1.165, 1.54) is 0 Å². The smallest absolute Gasteiger partial charge is 0.141 e. The van der Waals surface area contributed by atoms with Gasteiger partial charge in [0.25, 0.3) is 0 Å². The van der Waals surface area contributed by atoms with Crippen LogP contribution in [-0.4, -0.2) is 37.0 Å². The summed E-state index contributed by atoms with van der Waals surface area (Å²) in [6.45, 7) is 5.66. The quantitative estimate of drug-likeness (QED) is 0.782. The van der Waals surface area contributed by atoms with Crippen LogP contribution in [0.25, 0.3) is 0 Å². The van der Waals surface area contributed by atoms with Gasteiger partial charge < -0.3 is 9.15 Å². The minimum atomic E-state index is 0.0265. The van der Waals surface area contributed by atoms with Crippen LogP contribution in [0.3, 0.4) is 0 Å². The van der Waals surface area contributed by atoms with Gasteiger partial charge in [-0.2, -0.15) is 0 Å². The molecule has 1 aliphatic rings. The molecular formula is C13H19NO3. The van der Waals surface area contributed by atoms with Crippen LogP contribution in [0.5, 0.6) is 0 Å². The number of Topliss-reactive ketones (excluding diaryl/α,β-unsaturated/α-hetero) is 1. The van der Waals surface area contributed by atoms with Crippen LogP contribution in [0.4, 0.5) is 0 Å². The number of ether oxygens (including phenoxy) is 1. The van der Waals surface area contributed by atoms with Crippen molar-refractivity contribution in [2.24, 2.45) is 5.92 Å². The fraction of sp³-hybridized carbons (Fsp3) is 0.615.